The molecule has 0 bridgehead atoms. The van der Waals surface area contributed by atoms with Crippen LogP contribution in [0.2, 0.25) is 5.02 Å². The van der Waals surface area contributed by atoms with Crippen molar-refractivity contribution in [1.82, 2.24) is 20.2 Å². The molecule has 1 saturated heterocycles. The lowest BCUT2D eigenvalue weighted by molar-refractivity contribution is -0.137. The zero-order chi connectivity index (χ0) is 22.2. The van der Waals surface area contributed by atoms with E-state index in [4.69, 9.17) is 11.6 Å². The average molecular weight is 452 g/mol. The Labute approximate surface area is 181 Å². The van der Waals surface area contributed by atoms with Gasteiger partial charge >= 0.3 is 12.2 Å². The van der Waals surface area contributed by atoms with Gasteiger partial charge in [-0.15, -0.1) is 0 Å². The zero-order valence-electron chi connectivity index (χ0n) is 16.6. The summed E-state index contributed by atoms with van der Waals surface area (Å²) in [6, 6.07) is 10.3. The summed E-state index contributed by atoms with van der Waals surface area (Å²) in [7, 11) is 2.00. The van der Waals surface area contributed by atoms with E-state index in [1.165, 1.54) is 6.07 Å². The summed E-state index contributed by atoms with van der Waals surface area (Å²) >= 11 is 5.63. The molecule has 0 spiro atoms. The van der Waals surface area contributed by atoms with Crippen LogP contribution in [0, 0.1) is 0 Å². The first kappa shape index (κ1) is 21.5. The van der Waals surface area contributed by atoms with Crippen LogP contribution in [0.25, 0.3) is 11.0 Å². The molecule has 2 atom stereocenters. The highest BCUT2D eigenvalue weighted by molar-refractivity contribution is 6.31. The van der Waals surface area contributed by atoms with Gasteiger partial charge in [-0.05, 0) is 50.2 Å². The highest BCUT2D eigenvalue weighted by Gasteiger charge is 2.34. The number of carbonyl (C=O) groups excluding carboxylic acids is 1. The molecule has 1 aliphatic heterocycles. The molecule has 1 aromatic heterocycles. The summed E-state index contributed by atoms with van der Waals surface area (Å²) in [5, 5.41) is 4.92. The molecule has 4 rings (SSSR count). The number of urea groups is 1. The molecule has 2 aromatic carbocycles. The molecule has 2 heterocycles. The van der Waals surface area contributed by atoms with Crippen LogP contribution in [0.4, 0.5) is 23.7 Å². The minimum atomic E-state index is -4.60. The number of benzene rings is 2. The van der Waals surface area contributed by atoms with Crippen LogP contribution in [0.3, 0.4) is 0 Å². The first-order valence-corrected chi connectivity index (χ1v) is 10.2. The van der Waals surface area contributed by atoms with Crippen LogP contribution < -0.4 is 10.6 Å². The van der Waals surface area contributed by atoms with Gasteiger partial charge in [0.25, 0.3) is 0 Å². The number of anilines is 1. The number of amides is 2. The van der Waals surface area contributed by atoms with Crippen molar-refractivity contribution in [3.05, 3.63) is 58.9 Å². The summed E-state index contributed by atoms with van der Waals surface area (Å²) < 4.78 is 39.1. The summed E-state index contributed by atoms with van der Waals surface area (Å²) in [5.74, 6) is 0.822. The molecular weight excluding hydrogens is 431 g/mol. The molecule has 1 aliphatic rings. The number of aromatic amines is 1. The lowest BCUT2D eigenvalue weighted by Gasteiger charge is -2.36. The number of rotatable bonds is 3. The maximum Gasteiger partial charge on any atom is 0.417 e. The number of nitrogens with one attached hydrogen (secondary N) is 3. The van der Waals surface area contributed by atoms with E-state index < -0.39 is 22.8 Å². The molecule has 31 heavy (non-hydrogen) atoms. The molecule has 10 heteroatoms. The van der Waals surface area contributed by atoms with E-state index in [0.717, 1.165) is 42.0 Å². The monoisotopic (exact) mass is 451 g/mol. The minimum absolute atomic E-state index is 0.0150. The largest absolute Gasteiger partial charge is 0.417 e. The van der Waals surface area contributed by atoms with Gasteiger partial charge in [-0.3, -0.25) is 4.90 Å². The van der Waals surface area contributed by atoms with Crippen molar-refractivity contribution in [3.63, 3.8) is 0 Å². The van der Waals surface area contributed by atoms with Gasteiger partial charge < -0.3 is 15.6 Å². The van der Waals surface area contributed by atoms with Crippen molar-refractivity contribution in [2.24, 2.45) is 0 Å². The van der Waals surface area contributed by atoms with Gasteiger partial charge in [-0.2, -0.15) is 13.2 Å². The number of carbonyl (C=O) groups is 1. The van der Waals surface area contributed by atoms with E-state index in [-0.39, 0.29) is 17.8 Å². The molecule has 1 fully saturated rings. The number of imidazole rings is 1. The standard InChI is InChI=1S/C21H21ClF3N5O/c1-30-9-8-13(11-18(30)19-28-16-4-2-3-5-17(16)29-19)27-20(31)26-12-6-7-15(22)14(10-12)21(23,24)25/h2-7,10,13,18H,8-9,11H2,1H3,(H,28,29)(H2,26,27,31). The molecule has 3 aromatic rings. The lowest BCUT2D eigenvalue weighted by atomic mass is 9.97. The second-order valence-corrected chi connectivity index (χ2v) is 8.05. The predicted molar refractivity (Wildman–Crippen MR) is 113 cm³/mol. The number of hydrogen-bond acceptors (Lipinski definition) is 3. The summed E-state index contributed by atoms with van der Waals surface area (Å²) in [4.78, 5) is 22.6. The first-order chi connectivity index (χ1) is 14.7. The number of H-pyrrole nitrogens is 1. The lowest BCUT2D eigenvalue weighted by Crippen LogP contribution is -2.46. The van der Waals surface area contributed by atoms with Gasteiger partial charge in [0.2, 0.25) is 0 Å². The summed E-state index contributed by atoms with van der Waals surface area (Å²) in [6.07, 6.45) is -3.26. The van der Waals surface area contributed by atoms with Gasteiger partial charge in [0, 0.05) is 18.3 Å². The SMILES string of the molecule is CN1CCC(NC(=O)Nc2ccc(Cl)c(C(F)(F)F)c2)CC1c1nc2ccccc2[nH]1. The van der Waals surface area contributed by atoms with Gasteiger partial charge in [0.1, 0.15) is 5.82 Å². The van der Waals surface area contributed by atoms with Crippen LogP contribution >= 0.6 is 11.6 Å². The van der Waals surface area contributed by atoms with Gasteiger partial charge in [0.15, 0.2) is 0 Å². The van der Waals surface area contributed by atoms with Crippen LogP contribution in [-0.4, -0.2) is 40.5 Å². The van der Waals surface area contributed by atoms with Crippen LogP contribution in [-0.2, 0) is 6.18 Å². The molecule has 2 amide bonds. The molecule has 164 valence electrons. The van der Waals surface area contributed by atoms with E-state index >= 15 is 0 Å². The van der Waals surface area contributed by atoms with Crippen molar-refractivity contribution in [2.45, 2.75) is 31.1 Å². The van der Waals surface area contributed by atoms with Gasteiger partial charge in [-0.25, -0.2) is 9.78 Å². The zero-order valence-corrected chi connectivity index (χ0v) is 17.4. The Morgan fingerprint density at radius 1 is 1.26 bits per heavy atom. The molecule has 6 nitrogen and oxygen atoms in total. The number of aromatic nitrogens is 2. The van der Waals surface area contributed by atoms with Crippen LogP contribution in [0.15, 0.2) is 42.5 Å². The van der Waals surface area contributed by atoms with Crippen molar-refractivity contribution in [1.29, 1.82) is 0 Å². The van der Waals surface area contributed by atoms with Crippen molar-refractivity contribution < 1.29 is 18.0 Å². The number of para-hydroxylation sites is 2. The Kier molecular flexibility index (Phi) is 5.81. The quantitative estimate of drug-likeness (QED) is 0.513. The Balaban J connectivity index is 1.43. The molecular formula is C21H21ClF3N5O. The van der Waals surface area contributed by atoms with E-state index in [1.807, 2.05) is 31.3 Å². The fourth-order valence-corrected chi connectivity index (χ4v) is 4.06. The van der Waals surface area contributed by atoms with Crippen LogP contribution in [0.5, 0.6) is 0 Å². The van der Waals surface area contributed by atoms with Gasteiger partial charge in [-0.1, -0.05) is 23.7 Å². The fourth-order valence-electron chi connectivity index (χ4n) is 3.84. The highest BCUT2D eigenvalue weighted by atomic mass is 35.5. The third-order valence-corrected chi connectivity index (χ3v) is 5.79. The third kappa shape index (κ3) is 4.77. The first-order valence-electron chi connectivity index (χ1n) is 9.80. The number of alkyl halides is 3. The predicted octanol–water partition coefficient (Wildman–Crippen LogP) is 5.19. The number of piperidine rings is 1. The number of halogens is 4. The Bertz CT molecular complexity index is 1070. The molecule has 0 radical (unpaired) electrons. The second-order valence-electron chi connectivity index (χ2n) is 7.65. The summed E-state index contributed by atoms with van der Waals surface area (Å²) in [5.41, 5.74) is 0.857. The second kappa shape index (κ2) is 8.39. The number of likely N-dealkylation sites (tertiary alicyclic amines) is 1. The van der Waals surface area contributed by atoms with Crippen molar-refractivity contribution >= 4 is 34.4 Å². The maximum atomic E-state index is 13.0. The van der Waals surface area contributed by atoms with E-state index in [0.29, 0.717) is 6.42 Å². The Hall–Kier alpha value is -2.78. The number of fused-ring (bicyclic) bond motifs is 1. The third-order valence-electron chi connectivity index (χ3n) is 5.46. The fraction of sp³-hybridized carbons (Fsp3) is 0.333. The molecule has 0 aliphatic carbocycles. The normalized spacial score (nSPS) is 20.0. The summed E-state index contributed by atoms with van der Waals surface area (Å²) in [6.45, 7) is 0.742. The van der Waals surface area contributed by atoms with Crippen molar-refractivity contribution in [2.75, 3.05) is 18.9 Å². The maximum absolute atomic E-state index is 13.0. The molecule has 2 unspecified atom stereocenters. The van der Waals surface area contributed by atoms with E-state index in [9.17, 15) is 18.0 Å². The van der Waals surface area contributed by atoms with Crippen molar-refractivity contribution in [3.8, 4) is 0 Å². The topological polar surface area (TPSA) is 73.1 Å². The van der Waals surface area contributed by atoms with E-state index in [2.05, 4.69) is 25.5 Å². The minimum Gasteiger partial charge on any atom is -0.341 e. The highest BCUT2D eigenvalue weighted by Crippen LogP contribution is 2.36. The number of hydrogen-bond donors (Lipinski definition) is 3. The van der Waals surface area contributed by atoms with Gasteiger partial charge in [0.05, 0.1) is 27.7 Å². The molecule has 3 N–H and O–H groups in total. The smallest absolute Gasteiger partial charge is 0.341 e. The Morgan fingerprint density at radius 2 is 2.03 bits per heavy atom. The Morgan fingerprint density at radius 3 is 2.77 bits per heavy atom. The average Bonchev–Trinajstić information content (AvgIpc) is 3.14. The van der Waals surface area contributed by atoms with E-state index in [1.54, 1.807) is 0 Å². The number of nitrogens with zero attached hydrogens (tertiary/aromatic N) is 2. The molecule has 0 saturated carbocycles. The van der Waals surface area contributed by atoms with Crippen LogP contribution in [0.1, 0.15) is 30.3 Å².